The molecule has 0 spiro atoms. The molecule has 3 nitrogen and oxygen atoms in total. The molecule has 4 heteroatoms. The van der Waals surface area contributed by atoms with Crippen LogP contribution in [-0.4, -0.2) is 29.0 Å². The standard InChI is InChI=1S/C14H28N2OS/c1-3-18-10-7-12(2)16-13(17)11-14(15)8-5-4-6-9-14/h12H,3-11,15H2,1-2H3,(H,16,17). The zero-order chi connectivity index (χ0) is 13.4. The van der Waals surface area contributed by atoms with Crippen molar-refractivity contribution in [1.82, 2.24) is 5.32 Å². The van der Waals surface area contributed by atoms with Crippen molar-refractivity contribution in [2.75, 3.05) is 11.5 Å². The fraction of sp³-hybridized carbons (Fsp3) is 0.929. The number of hydrogen-bond donors (Lipinski definition) is 2. The molecule has 0 aromatic rings. The molecule has 0 saturated heterocycles. The van der Waals surface area contributed by atoms with Crippen LogP contribution in [0.4, 0.5) is 0 Å². The highest BCUT2D eigenvalue weighted by Gasteiger charge is 2.30. The lowest BCUT2D eigenvalue weighted by atomic mass is 9.80. The van der Waals surface area contributed by atoms with Crippen LogP contribution in [0.2, 0.25) is 0 Å². The fourth-order valence-electron chi connectivity index (χ4n) is 2.55. The highest BCUT2D eigenvalue weighted by Crippen LogP contribution is 2.28. The van der Waals surface area contributed by atoms with E-state index in [2.05, 4.69) is 19.2 Å². The number of nitrogens with two attached hydrogens (primary N) is 1. The van der Waals surface area contributed by atoms with Gasteiger partial charge in [-0.05, 0) is 37.7 Å². The molecule has 1 atom stereocenters. The summed E-state index contributed by atoms with van der Waals surface area (Å²) >= 11 is 1.92. The van der Waals surface area contributed by atoms with Crippen molar-refractivity contribution in [2.24, 2.45) is 5.73 Å². The first-order chi connectivity index (χ1) is 8.56. The van der Waals surface area contributed by atoms with Crippen molar-refractivity contribution in [3.05, 3.63) is 0 Å². The van der Waals surface area contributed by atoms with Gasteiger partial charge in [0.2, 0.25) is 5.91 Å². The van der Waals surface area contributed by atoms with Crippen molar-refractivity contribution < 1.29 is 4.79 Å². The van der Waals surface area contributed by atoms with Crippen molar-refractivity contribution >= 4 is 17.7 Å². The van der Waals surface area contributed by atoms with Crippen molar-refractivity contribution in [3.63, 3.8) is 0 Å². The molecular formula is C14H28N2OS. The maximum atomic E-state index is 12.0. The third-order valence-electron chi connectivity index (χ3n) is 3.67. The van der Waals surface area contributed by atoms with Gasteiger partial charge in [-0.1, -0.05) is 26.2 Å². The van der Waals surface area contributed by atoms with Crippen LogP contribution in [0.25, 0.3) is 0 Å². The Morgan fingerprint density at radius 3 is 2.67 bits per heavy atom. The lowest BCUT2D eigenvalue weighted by Gasteiger charge is -2.33. The summed E-state index contributed by atoms with van der Waals surface area (Å²) in [5.74, 6) is 2.39. The Balaban J connectivity index is 2.23. The molecule has 0 radical (unpaired) electrons. The normalized spacial score (nSPS) is 20.4. The Labute approximate surface area is 116 Å². The van der Waals surface area contributed by atoms with Crippen LogP contribution in [0.5, 0.6) is 0 Å². The van der Waals surface area contributed by atoms with Gasteiger partial charge in [-0.25, -0.2) is 0 Å². The number of carbonyl (C=O) groups excluding carboxylic acids is 1. The first-order valence-electron chi connectivity index (χ1n) is 7.22. The molecule has 3 N–H and O–H groups in total. The molecule has 1 saturated carbocycles. The van der Waals surface area contributed by atoms with E-state index in [0.29, 0.717) is 6.42 Å². The minimum absolute atomic E-state index is 0.133. The van der Waals surface area contributed by atoms with E-state index in [-0.39, 0.29) is 17.5 Å². The van der Waals surface area contributed by atoms with Crippen molar-refractivity contribution in [1.29, 1.82) is 0 Å². The lowest BCUT2D eigenvalue weighted by molar-refractivity contribution is -0.123. The molecule has 1 unspecified atom stereocenters. The van der Waals surface area contributed by atoms with Gasteiger partial charge in [-0.3, -0.25) is 4.79 Å². The summed E-state index contributed by atoms with van der Waals surface area (Å²) in [5, 5.41) is 3.08. The Morgan fingerprint density at radius 1 is 1.39 bits per heavy atom. The summed E-state index contributed by atoms with van der Waals surface area (Å²) in [7, 11) is 0. The van der Waals surface area contributed by atoms with Crippen LogP contribution < -0.4 is 11.1 Å². The van der Waals surface area contributed by atoms with E-state index in [1.165, 1.54) is 19.3 Å². The van der Waals surface area contributed by atoms with Gasteiger partial charge in [0.25, 0.3) is 0 Å². The molecule has 1 rings (SSSR count). The molecular weight excluding hydrogens is 244 g/mol. The quantitative estimate of drug-likeness (QED) is 0.701. The van der Waals surface area contributed by atoms with Gasteiger partial charge in [0, 0.05) is 18.0 Å². The Bertz CT molecular complexity index is 252. The van der Waals surface area contributed by atoms with E-state index < -0.39 is 0 Å². The maximum absolute atomic E-state index is 12.0. The second kappa shape index (κ2) is 8.05. The highest BCUT2D eigenvalue weighted by atomic mass is 32.2. The summed E-state index contributed by atoms with van der Waals surface area (Å²) in [6, 6.07) is 0.267. The second-order valence-corrected chi connectivity index (χ2v) is 6.95. The molecule has 106 valence electrons. The van der Waals surface area contributed by atoms with Crippen molar-refractivity contribution in [3.8, 4) is 0 Å². The highest BCUT2D eigenvalue weighted by molar-refractivity contribution is 7.99. The number of nitrogens with one attached hydrogen (secondary N) is 1. The summed E-state index contributed by atoms with van der Waals surface area (Å²) < 4.78 is 0. The molecule has 1 amide bonds. The van der Waals surface area contributed by atoms with Crippen LogP contribution in [0.15, 0.2) is 0 Å². The molecule has 0 aliphatic heterocycles. The van der Waals surface area contributed by atoms with Crippen LogP contribution in [-0.2, 0) is 4.79 Å². The Morgan fingerprint density at radius 2 is 2.06 bits per heavy atom. The number of amides is 1. The Kier molecular flexibility index (Phi) is 7.08. The first kappa shape index (κ1) is 15.8. The molecule has 18 heavy (non-hydrogen) atoms. The summed E-state index contributed by atoms with van der Waals surface area (Å²) in [6.07, 6.45) is 7.16. The van der Waals surface area contributed by atoms with Gasteiger partial charge in [-0.2, -0.15) is 11.8 Å². The average molecular weight is 272 g/mol. The van der Waals surface area contributed by atoms with Gasteiger partial charge in [0.1, 0.15) is 0 Å². The second-order valence-electron chi connectivity index (χ2n) is 5.55. The molecule has 0 aromatic heterocycles. The third kappa shape index (κ3) is 6.10. The fourth-order valence-corrected chi connectivity index (χ4v) is 3.36. The van der Waals surface area contributed by atoms with Gasteiger partial charge in [0.05, 0.1) is 0 Å². The van der Waals surface area contributed by atoms with E-state index in [1.54, 1.807) is 0 Å². The number of thioether (sulfide) groups is 1. The number of carbonyl (C=O) groups is 1. The van der Waals surface area contributed by atoms with Gasteiger partial charge in [-0.15, -0.1) is 0 Å². The largest absolute Gasteiger partial charge is 0.354 e. The van der Waals surface area contributed by atoms with E-state index in [0.717, 1.165) is 30.8 Å². The van der Waals surface area contributed by atoms with Crippen LogP contribution in [0.3, 0.4) is 0 Å². The molecule has 1 aliphatic rings. The van der Waals surface area contributed by atoms with Gasteiger partial charge < -0.3 is 11.1 Å². The third-order valence-corrected chi connectivity index (χ3v) is 4.60. The SMILES string of the molecule is CCSCCC(C)NC(=O)CC1(N)CCCCC1. The molecule has 0 heterocycles. The van der Waals surface area contributed by atoms with Crippen LogP contribution >= 0.6 is 11.8 Å². The molecule has 0 aromatic carbocycles. The average Bonchev–Trinajstić information content (AvgIpc) is 2.29. The zero-order valence-corrected chi connectivity index (χ0v) is 12.7. The van der Waals surface area contributed by atoms with E-state index in [4.69, 9.17) is 5.73 Å². The zero-order valence-electron chi connectivity index (χ0n) is 11.8. The van der Waals surface area contributed by atoms with Crippen LogP contribution in [0, 0.1) is 0 Å². The van der Waals surface area contributed by atoms with E-state index >= 15 is 0 Å². The topological polar surface area (TPSA) is 55.1 Å². The first-order valence-corrected chi connectivity index (χ1v) is 8.37. The van der Waals surface area contributed by atoms with Crippen molar-refractivity contribution in [2.45, 2.75) is 70.4 Å². The monoisotopic (exact) mass is 272 g/mol. The smallest absolute Gasteiger partial charge is 0.222 e. The minimum Gasteiger partial charge on any atom is -0.354 e. The van der Waals surface area contributed by atoms with Gasteiger partial charge >= 0.3 is 0 Å². The van der Waals surface area contributed by atoms with E-state index in [9.17, 15) is 4.79 Å². The molecule has 1 aliphatic carbocycles. The summed E-state index contributed by atoms with van der Waals surface area (Å²) in [6.45, 7) is 4.24. The predicted octanol–water partition coefficient (Wildman–Crippen LogP) is 2.69. The number of hydrogen-bond acceptors (Lipinski definition) is 3. The van der Waals surface area contributed by atoms with Gasteiger partial charge in [0.15, 0.2) is 0 Å². The molecule has 1 fully saturated rings. The minimum atomic E-state index is -0.236. The lowest BCUT2D eigenvalue weighted by Crippen LogP contribution is -2.47. The Hall–Kier alpha value is -0.220. The van der Waals surface area contributed by atoms with Crippen LogP contribution in [0.1, 0.15) is 58.8 Å². The molecule has 0 bridgehead atoms. The summed E-state index contributed by atoms with van der Waals surface area (Å²) in [5.41, 5.74) is 6.06. The maximum Gasteiger partial charge on any atom is 0.222 e. The van der Waals surface area contributed by atoms with E-state index in [1.807, 2.05) is 11.8 Å². The summed E-state index contributed by atoms with van der Waals surface area (Å²) in [4.78, 5) is 12.0. The number of rotatable bonds is 7. The predicted molar refractivity (Wildman–Crippen MR) is 79.8 cm³/mol.